The van der Waals surface area contributed by atoms with Crippen LogP contribution in [0.25, 0.3) is 0 Å². The van der Waals surface area contributed by atoms with Crippen LogP contribution in [0.2, 0.25) is 0 Å². The van der Waals surface area contributed by atoms with Gasteiger partial charge in [-0.05, 0) is 35.9 Å². The van der Waals surface area contributed by atoms with E-state index in [9.17, 15) is 13.2 Å². The van der Waals surface area contributed by atoms with Crippen molar-refractivity contribution in [2.45, 2.75) is 11.3 Å². The minimum atomic E-state index is -3.67. The molecular weight excluding hydrogens is 448 g/mol. The Bertz CT molecular complexity index is 941. The number of carbonyl (C=O) groups is 1. The summed E-state index contributed by atoms with van der Waals surface area (Å²) >= 11 is 3.36. The van der Waals surface area contributed by atoms with E-state index in [0.29, 0.717) is 37.7 Å². The number of carbonyl (C=O) groups excluding carboxylic acids is 1. The number of halogens is 1. The monoisotopic (exact) mass is 468 g/mol. The van der Waals surface area contributed by atoms with Crippen LogP contribution in [0, 0.1) is 0 Å². The minimum Gasteiger partial charge on any atom is -0.495 e. The highest BCUT2D eigenvalue weighted by molar-refractivity contribution is 9.10. The molecule has 28 heavy (non-hydrogen) atoms. The molecule has 0 saturated carbocycles. The molecule has 0 bridgehead atoms. The normalized spacial score (nSPS) is 15.2. The van der Waals surface area contributed by atoms with E-state index in [4.69, 9.17) is 9.47 Å². The van der Waals surface area contributed by atoms with E-state index in [2.05, 4.69) is 21.2 Å². The van der Waals surface area contributed by atoms with Crippen LogP contribution in [-0.2, 0) is 26.0 Å². The van der Waals surface area contributed by atoms with Gasteiger partial charge in [-0.2, -0.15) is 4.31 Å². The summed E-state index contributed by atoms with van der Waals surface area (Å²) in [5, 5.41) is 2.76. The molecule has 1 saturated heterocycles. The standard InChI is InChI=1S/C19H21BrN2O5S/c1-26-18-7-6-16(28(24,25)22-8-10-27-11-9-22)13-17(18)21-19(23)12-14-2-4-15(20)5-3-14/h2-7,13H,8-12H2,1H3,(H,21,23). The summed E-state index contributed by atoms with van der Waals surface area (Å²) in [4.78, 5) is 12.5. The Kier molecular flexibility index (Phi) is 6.71. The van der Waals surface area contributed by atoms with Crippen molar-refractivity contribution in [3.05, 3.63) is 52.5 Å². The lowest BCUT2D eigenvalue weighted by atomic mass is 10.1. The Hall–Kier alpha value is -1.94. The zero-order valence-corrected chi connectivity index (χ0v) is 17.8. The summed E-state index contributed by atoms with van der Waals surface area (Å²) in [7, 11) is -2.20. The van der Waals surface area contributed by atoms with Gasteiger partial charge in [0.25, 0.3) is 0 Å². The van der Waals surface area contributed by atoms with Gasteiger partial charge in [-0.3, -0.25) is 4.79 Å². The SMILES string of the molecule is COc1ccc(S(=O)(=O)N2CCOCC2)cc1NC(=O)Cc1ccc(Br)cc1. The summed E-state index contributed by atoms with van der Waals surface area (Å²) in [6.45, 7) is 1.34. The number of ether oxygens (including phenoxy) is 2. The maximum absolute atomic E-state index is 12.9. The minimum absolute atomic E-state index is 0.106. The number of anilines is 1. The molecule has 0 atom stereocenters. The van der Waals surface area contributed by atoms with Crippen LogP contribution >= 0.6 is 15.9 Å². The zero-order chi connectivity index (χ0) is 20.1. The van der Waals surface area contributed by atoms with Crippen molar-refractivity contribution >= 4 is 37.5 Å². The van der Waals surface area contributed by atoms with Gasteiger partial charge in [-0.1, -0.05) is 28.1 Å². The first-order chi connectivity index (χ1) is 13.4. The van der Waals surface area contributed by atoms with Gasteiger partial charge in [0.1, 0.15) is 5.75 Å². The summed E-state index contributed by atoms with van der Waals surface area (Å²) in [6, 6.07) is 11.9. The second-order valence-electron chi connectivity index (χ2n) is 6.23. The molecule has 0 spiro atoms. The Morgan fingerprint density at radius 3 is 2.50 bits per heavy atom. The molecule has 1 amide bonds. The second kappa shape index (κ2) is 9.04. The topological polar surface area (TPSA) is 84.9 Å². The van der Waals surface area contributed by atoms with E-state index in [1.165, 1.54) is 23.5 Å². The van der Waals surface area contributed by atoms with Gasteiger partial charge >= 0.3 is 0 Å². The van der Waals surface area contributed by atoms with Gasteiger partial charge in [0.05, 0.1) is 37.3 Å². The quantitative estimate of drug-likeness (QED) is 0.704. The first kappa shape index (κ1) is 20.8. The number of morpholine rings is 1. The average molecular weight is 469 g/mol. The summed E-state index contributed by atoms with van der Waals surface area (Å²) < 4.78 is 38.5. The van der Waals surface area contributed by atoms with Gasteiger partial charge in [0.2, 0.25) is 15.9 Å². The van der Waals surface area contributed by atoms with Crippen LogP contribution in [0.1, 0.15) is 5.56 Å². The molecule has 3 rings (SSSR count). The number of amides is 1. The summed E-state index contributed by atoms with van der Waals surface area (Å²) in [5.74, 6) is 0.131. The number of benzene rings is 2. The van der Waals surface area contributed by atoms with Crippen molar-refractivity contribution in [1.82, 2.24) is 4.31 Å². The third-order valence-electron chi connectivity index (χ3n) is 4.33. The van der Waals surface area contributed by atoms with Crippen LogP contribution in [0.5, 0.6) is 5.75 Å². The maximum atomic E-state index is 12.9. The lowest BCUT2D eigenvalue weighted by Gasteiger charge is -2.26. The predicted molar refractivity (Wildman–Crippen MR) is 109 cm³/mol. The number of hydrogen-bond donors (Lipinski definition) is 1. The van der Waals surface area contributed by atoms with E-state index in [1.807, 2.05) is 24.3 Å². The smallest absolute Gasteiger partial charge is 0.243 e. The van der Waals surface area contributed by atoms with E-state index in [1.54, 1.807) is 6.07 Å². The van der Waals surface area contributed by atoms with Gasteiger partial charge in [0.15, 0.2) is 0 Å². The van der Waals surface area contributed by atoms with Crippen LogP contribution in [0.3, 0.4) is 0 Å². The van der Waals surface area contributed by atoms with Crippen molar-refractivity contribution in [2.75, 3.05) is 38.7 Å². The zero-order valence-electron chi connectivity index (χ0n) is 15.4. The van der Waals surface area contributed by atoms with Gasteiger partial charge in [0, 0.05) is 17.6 Å². The molecule has 7 nitrogen and oxygen atoms in total. The highest BCUT2D eigenvalue weighted by Gasteiger charge is 2.27. The molecule has 0 aromatic heterocycles. The largest absolute Gasteiger partial charge is 0.495 e. The Balaban J connectivity index is 1.80. The Labute approximate surface area is 172 Å². The molecule has 2 aromatic rings. The van der Waals surface area contributed by atoms with E-state index < -0.39 is 10.0 Å². The third kappa shape index (κ3) is 4.91. The summed E-state index contributed by atoms with van der Waals surface area (Å²) in [5.41, 5.74) is 1.16. The van der Waals surface area contributed by atoms with Crippen molar-refractivity contribution in [2.24, 2.45) is 0 Å². The van der Waals surface area contributed by atoms with Crippen molar-refractivity contribution in [3.63, 3.8) is 0 Å². The van der Waals surface area contributed by atoms with E-state index >= 15 is 0 Å². The van der Waals surface area contributed by atoms with Gasteiger partial charge < -0.3 is 14.8 Å². The second-order valence-corrected chi connectivity index (χ2v) is 9.08. The number of nitrogens with zero attached hydrogens (tertiary/aromatic N) is 1. The van der Waals surface area contributed by atoms with Crippen molar-refractivity contribution < 1.29 is 22.7 Å². The molecule has 1 aliphatic rings. The average Bonchev–Trinajstić information content (AvgIpc) is 2.70. The number of nitrogens with one attached hydrogen (secondary N) is 1. The Morgan fingerprint density at radius 1 is 1.18 bits per heavy atom. The molecule has 2 aromatic carbocycles. The lowest BCUT2D eigenvalue weighted by molar-refractivity contribution is -0.115. The maximum Gasteiger partial charge on any atom is 0.243 e. The molecule has 1 fully saturated rings. The summed E-state index contributed by atoms with van der Waals surface area (Å²) in [6.07, 6.45) is 0.164. The Morgan fingerprint density at radius 2 is 1.86 bits per heavy atom. The lowest BCUT2D eigenvalue weighted by Crippen LogP contribution is -2.40. The number of methoxy groups -OCH3 is 1. The van der Waals surface area contributed by atoms with E-state index in [0.717, 1.165) is 10.0 Å². The molecule has 0 unspecified atom stereocenters. The number of hydrogen-bond acceptors (Lipinski definition) is 5. The molecule has 0 radical (unpaired) electrons. The number of sulfonamides is 1. The molecule has 9 heteroatoms. The molecule has 0 aliphatic carbocycles. The fourth-order valence-electron chi connectivity index (χ4n) is 2.86. The van der Waals surface area contributed by atoms with Gasteiger partial charge in [-0.25, -0.2) is 8.42 Å². The highest BCUT2D eigenvalue weighted by Crippen LogP contribution is 2.29. The predicted octanol–water partition coefficient (Wildman–Crippen LogP) is 2.66. The van der Waals surface area contributed by atoms with Gasteiger partial charge in [-0.15, -0.1) is 0 Å². The molecule has 1 aliphatic heterocycles. The highest BCUT2D eigenvalue weighted by atomic mass is 79.9. The van der Waals surface area contributed by atoms with Crippen LogP contribution in [-0.4, -0.2) is 52.0 Å². The first-order valence-electron chi connectivity index (χ1n) is 8.70. The van der Waals surface area contributed by atoms with Crippen molar-refractivity contribution in [3.8, 4) is 5.75 Å². The molecule has 1 N–H and O–H groups in total. The number of rotatable bonds is 6. The van der Waals surface area contributed by atoms with Crippen LogP contribution in [0.4, 0.5) is 5.69 Å². The molecule has 1 heterocycles. The van der Waals surface area contributed by atoms with Crippen LogP contribution in [0.15, 0.2) is 51.8 Å². The molecular formula is C19H21BrN2O5S. The van der Waals surface area contributed by atoms with E-state index in [-0.39, 0.29) is 17.2 Å². The molecule has 150 valence electrons. The fourth-order valence-corrected chi connectivity index (χ4v) is 4.56. The first-order valence-corrected chi connectivity index (χ1v) is 10.9. The van der Waals surface area contributed by atoms with Crippen LogP contribution < -0.4 is 10.1 Å². The van der Waals surface area contributed by atoms with Crippen molar-refractivity contribution in [1.29, 1.82) is 0 Å². The third-order valence-corrected chi connectivity index (χ3v) is 6.75. The fraction of sp³-hybridized carbons (Fsp3) is 0.316.